The van der Waals surface area contributed by atoms with Crippen LogP contribution in [-0.4, -0.2) is 30.1 Å². The molecule has 1 aliphatic rings. The summed E-state index contributed by atoms with van der Waals surface area (Å²) >= 11 is 0. The van der Waals surface area contributed by atoms with Crippen molar-refractivity contribution in [2.75, 3.05) is 13.1 Å². The van der Waals surface area contributed by atoms with E-state index in [1.165, 1.54) is 0 Å². The summed E-state index contributed by atoms with van der Waals surface area (Å²) in [7, 11) is 0. The van der Waals surface area contributed by atoms with Gasteiger partial charge in [0, 0.05) is 12.5 Å². The van der Waals surface area contributed by atoms with Crippen molar-refractivity contribution in [1.82, 2.24) is 4.90 Å². The van der Waals surface area contributed by atoms with Gasteiger partial charge in [-0.1, -0.05) is 26.2 Å². The minimum absolute atomic E-state index is 0.172. The molecule has 0 aliphatic heterocycles. The Bertz CT molecular complexity index is 247. The van der Waals surface area contributed by atoms with Gasteiger partial charge in [-0.15, -0.1) is 0 Å². The molecular formula is C12H20F3NO. The molecule has 0 radical (unpaired) electrons. The number of unbranched alkanes of at least 4 members (excludes halogenated alkanes) is 1. The zero-order valence-electron chi connectivity index (χ0n) is 10.2. The molecule has 100 valence electrons. The quantitative estimate of drug-likeness (QED) is 0.733. The molecule has 0 bridgehead atoms. The first-order valence-corrected chi connectivity index (χ1v) is 6.29. The number of halogens is 3. The van der Waals surface area contributed by atoms with Gasteiger partial charge in [0.2, 0.25) is 5.91 Å². The van der Waals surface area contributed by atoms with E-state index in [0.717, 1.165) is 37.0 Å². The fourth-order valence-corrected chi connectivity index (χ4v) is 2.26. The molecule has 0 aromatic rings. The summed E-state index contributed by atoms with van der Waals surface area (Å²) < 4.78 is 37.2. The fourth-order valence-electron chi connectivity index (χ4n) is 2.26. The highest BCUT2D eigenvalue weighted by molar-refractivity contribution is 5.79. The first kappa shape index (κ1) is 14.3. The smallest absolute Gasteiger partial charge is 0.333 e. The number of amides is 1. The summed E-state index contributed by atoms with van der Waals surface area (Å²) in [5.41, 5.74) is 0. The minimum atomic E-state index is -4.29. The largest absolute Gasteiger partial charge is 0.406 e. The summed E-state index contributed by atoms with van der Waals surface area (Å²) in [6, 6.07) is 0. The summed E-state index contributed by atoms with van der Waals surface area (Å²) in [5, 5.41) is 0. The van der Waals surface area contributed by atoms with Gasteiger partial charge in [-0.3, -0.25) is 4.79 Å². The molecule has 1 aliphatic carbocycles. The summed E-state index contributed by atoms with van der Waals surface area (Å²) in [6.45, 7) is 1.04. The van der Waals surface area contributed by atoms with Crippen molar-refractivity contribution in [2.45, 2.75) is 51.6 Å². The lowest BCUT2D eigenvalue weighted by Crippen LogP contribution is -2.42. The molecule has 0 N–H and O–H groups in total. The standard InChI is InChI=1S/C12H20F3NO/c1-2-3-8-16(9-12(13,14)15)11(17)10-6-4-5-7-10/h10H,2-9H2,1H3. The molecule has 17 heavy (non-hydrogen) atoms. The third-order valence-electron chi connectivity index (χ3n) is 3.17. The van der Waals surface area contributed by atoms with Crippen molar-refractivity contribution < 1.29 is 18.0 Å². The number of hydrogen-bond acceptors (Lipinski definition) is 1. The molecule has 5 heteroatoms. The molecule has 1 amide bonds. The highest BCUT2D eigenvalue weighted by Crippen LogP contribution is 2.28. The predicted molar refractivity (Wildman–Crippen MR) is 59.5 cm³/mol. The maximum atomic E-state index is 12.4. The number of alkyl halides is 3. The number of nitrogens with zero attached hydrogens (tertiary/aromatic N) is 1. The van der Waals surface area contributed by atoms with E-state index in [2.05, 4.69) is 0 Å². The van der Waals surface area contributed by atoms with Gasteiger partial charge in [-0.05, 0) is 19.3 Å². The van der Waals surface area contributed by atoms with Crippen LogP contribution in [0, 0.1) is 5.92 Å². The maximum absolute atomic E-state index is 12.4. The molecule has 2 nitrogen and oxygen atoms in total. The summed E-state index contributed by atoms with van der Waals surface area (Å²) in [4.78, 5) is 13.0. The Morgan fingerprint density at radius 2 is 1.88 bits per heavy atom. The van der Waals surface area contributed by atoms with Crippen LogP contribution < -0.4 is 0 Å². The molecular weight excluding hydrogens is 231 g/mol. The molecule has 1 fully saturated rings. The lowest BCUT2D eigenvalue weighted by molar-refractivity contribution is -0.163. The van der Waals surface area contributed by atoms with Crippen LogP contribution in [0.4, 0.5) is 13.2 Å². The van der Waals surface area contributed by atoms with Crippen molar-refractivity contribution in [3.05, 3.63) is 0 Å². The van der Waals surface area contributed by atoms with Gasteiger partial charge in [-0.2, -0.15) is 13.2 Å². The van der Waals surface area contributed by atoms with E-state index in [4.69, 9.17) is 0 Å². The first-order chi connectivity index (χ1) is 7.94. The van der Waals surface area contributed by atoms with Gasteiger partial charge in [0.25, 0.3) is 0 Å². The minimum Gasteiger partial charge on any atom is -0.333 e. The highest BCUT2D eigenvalue weighted by atomic mass is 19.4. The average molecular weight is 251 g/mol. The third-order valence-corrected chi connectivity index (χ3v) is 3.17. The normalized spacial score (nSPS) is 17.4. The second-order valence-electron chi connectivity index (χ2n) is 4.71. The van der Waals surface area contributed by atoms with Gasteiger partial charge < -0.3 is 4.90 Å². The topological polar surface area (TPSA) is 20.3 Å². The van der Waals surface area contributed by atoms with E-state index in [1.807, 2.05) is 6.92 Å². The van der Waals surface area contributed by atoms with E-state index >= 15 is 0 Å². The zero-order chi connectivity index (χ0) is 12.9. The van der Waals surface area contributed by atoms with Gasteiger partial charge in [0.1, 0.15) is 6.54 Å². The van der Waals surface area contributed by atoms with Crippen molar-refractivity contribution in [3.63, 3.8) is 0 Å². The SMILES string of the molecule is CCCCN(CC(F)(F)F)C(=O)C1CCCC1. The molecule has 0 saturated heterocycles. The van der Waals surface area contributed by atoms with Gasteiger partial charge >= 0.3 is 6.18 Å². The predicted octanol–water partition coefficient (Wildman–Crippen LogP) is 3.37. The van der Waals surface area contributed by atoms with E-state index in [1.54, 1.807) is 0 Å². The number of carbonyl (C=O) groups is 1. The van der Waals surface area contributed by atoms with Crippen molar-refractivity contribution in [2.24, 2.45) is 5.92 Å². The Labute approximate surface area is 100 Å². The fraction of sp³-hybridized carbons (Fsp3) is 0.917. The molecule has 0 spiro atoms. The molecule has 1 saturated carbocycles. The van der Waals surface area contributed by atoms with Gasteiger partial charge in [0.05, 0.1) is 0 Å². The Hall–Kier alpha value is -0.740. The van der Waals surface area contributed by atoms with Crippen LogP contribution in [0.5, 0.6) is 0 Å². The van der Waals surface area contributed by atoms with Crippen molar-refractivity contribution >= 4 is 5.91 Å². The summed E-state index contributed by atoms with van der Waals surface area (Å²) in [5.74, 6) is -0.470. The van der Waals surface area contributed by atoms with E-state index < -0.39 is 12.7 Å². The van der Waals surface area contributed by atoms with Crippen LogP contribution >= 0.6 is 0 Å². The lowest BCUT2D eigenvalue weighted by atomic mass is 10.1. The molecule has 0 aromatic heterocycles. The zero-order valence-corrected chi connectivity index (χ0v) is 10.2. The number of hydrogen-bond donors (Lipinski definition) is 0. The molecule has 0 heterocycles. The number of rotatable bonds is 5. The molecule has 0 atom stereocenters. The molecule has 1 rings (SSSR count). The maximum Gasteiger partial charge on any atom is 0.406 e. The Morgan fingerprint density at radius 3 is 2.35 bits per heavy atom. The lowest BCUT2D eigenvalue weighted by Gasteiger charge is -2.26. The number of carbonyl (C=O) groups excluding carboxylic acids is 1. The molecule has 0 aromatic carbocycles. The van der Waals surface area contributed by atoms with E-state index in [0.29, 0.717) is 6.42 Å². The van der Waals surface area contributed by atoms with E-state index in [9.17, 15) is 18.0 Å². The van der Waals surface area contributed by atoms with Crippen LogP contribution in [0.2, 0.25) is 0 Å². The van der Waals surface area contributed by atoms with E-state index in [-0.39, 0.29) is 18.4 Å². The monoisotopic (exact) mass is 251 g/mol. The average Bonchev–Trinajstić information content (AvgIpc) is 2.74. The van der Waals surface area contributed by atoms with Crippen LogP contribution in [0.15, 0.2) is 0 Å². The van der Waals surface area contributed by atoms with Gasteiger partial charge in [-0.25, -0.2) is 0 Å². The van der Waals surface area contributed by atoms with Crippen molar-refractivity contribution in [3.8, 4) is 0 Å². The van der Waals surface area contributed by atoms with Crippen LogP contribution in [0.1, 0.15) is 45.4 Å². The van der Waals surface area contributed by atoms with Crippen LogP contribution in [-0.2, 0) is 4.79 Å². The Kier molecular flexibility index (Phi) is 5.28. The highest BCUT2D eigenvalue weighted by Gasteiger charge is 2.35. The molecule has 0 unspecified atom stereocenters. The summed E-state index contributed by atoms with van der Waals surface area (Å²) in [6.07, 6.45) is 0.565. The second kappa shape index (κ2) is 6.26. The second-order valence-corrected chi connectivity index (χ2v) is 4.71. The first-order valence-electron chi connectivity index (χ1n) is 6.29. The Balaban J connectivity index is 2.57. The third kappa shape index (κ3) is 4.96. The van der Waals surface area contributed by atoms with Crippen molar-refractivity contribution in [1.29, 1.82) is 0 Å². The van der Waals surface area contributed by atoms with Gasteiger partial charge in [0.15, 0.2) is 0 Å². The van der Waals surface area contributed by atoms with Crippen LogP contribution in [0.3, 0.4) is 0 Å². The Morgan fingerprint density at radius 1 is 1.29 bits per heavy atom. The van der Waals surface area contributed by atoms with Crippen LogP contribution in [0.25, 0.3) is 0 Å².